The number of fused-ring (bicyclic) bond motifs is 1. The molecule has 1 heterocycles. The fraction of sp³-hybridized carbons (Fsp3) is 0.231. The van der Waals surface area contributed by atoms with Crippen LogP contribution < -0.4 is 5.46 Å². The zero-order valence-electron chi connectivity index (χ0n) is 18.3. The van der Waals surface area contributed by atoms with E-state index in [4.69, 9.17) is 14.6 Å². The lowest BCUT2D eigenvalue weighted by molar-refractivity contribution is -0.0893. The number of hydrogen-bond acceptors (Lipinski definition) is 4. The summed E-state index contributed by atoms with van der Waals surface area (Å²) in [5.74, 6) is 0. The molecule has 155 valence electrons. The minimum atomic E-state index is -0.964. The number of hydrogen-bond donors (Lipinski definition) is 1. The molecule has 0 saturated carbocycles. The van der Waals surface area contributed by atoms with E-state index in [1.807, 2.05) is 80.6 Å². The summed E-state index contributed by atoms with van der Waals surface area (Å²) in [7, 11) is 1.69. The summed E-state index contributed by atoms with van der Waals surface area (Å²) >= 11 is 0. The van der Waals surface area contributed by atoms with E-state index in [2.05, 4.69) is 12.1 Å². The maximum atomic E-state index is 10.3. The second-order valence-corrected chi connectivity index (χ2v) is 8.70. The van der Waals surface area contributed by atoms with Gasteiger partial charge in [-0.05, 0) is 39.8 Å². The van der Waals surface area contributed by atoms with Crippen LogP contribution in [0.4, 0.5) is 0 Å². The van der Waals surface area contributed by atoms with Gasteiger partial charge in [0.15, 0.2) is 0 Å². The fourth-order valence-corrected chi connectivity index (χ4v) is 3.08. The van der Waals surface area contributed by atoms with Gasteiger partial charge in [-0.25, -0.2) is 9.97 Å². The van der Waals surface area contributed by atoms with Gasteiger partial charge in [-0.15, -0.1) is 0 Å². The third-order valence-corrected chi connectivity index (χ3v) is 5.76. The van der Waals surface area contributed by atoms with Crippen LogP contribution in [-0.2, 0) is 4.65 Å². The Hall–Kier alpha value is -3.02. The molecule has 0 amide bonds. The Morgan fingerprint density at radius 3 is 1.68 bits per heavy atom. The van der Waals surface area contributed by atoms with Crippen LogP contribution in [0.3, 0.4) is 0 Å². The van der Waals surface area contributed by atoms with Crippen molar-refractivity contribution in [2.75, 3.05) is 0 Å². The maximum Gasteiger partial charge on any atom is 0.330 e. The van der Waals surface area contributed by atoms with Crippen molar-refractivity contribution in [3.05, 3.63) is 78.9 Å². The smallest absolute Gasteiger partial charge is 0.330 e. The Morgan fingerprint density at radius 1 is 0.677 bits per heavy atom. The average Bonchev–Trinajstić information content (AvgIpc) is 2.77. The van der Waals surface area contributed by atoms with E-state index in [-0.39, 0.29) is 0 Å². The highest BCUT2D eigenvalue weighted by atomic mass is 16.5. The molecule has 5 heteroatoms. The minimum absolute atomic E-state index is 0.712. The largest absolute Gasteiger partial charge is 0.427 e. The molecule has 1 N–H and O–H groups in total. The molecular weight excluding hydrogens is 383 g/mol. The number of benzene rings is 3. The Morgan fingerprint density at radius 2 is 1.16 bits per heavy atom. The molecule has 0 atom stereocenters. The van der Waals surface area contributed by atoms with E-state index in [1.54, 1.807) is 21.3 Å². The molecule has 31 heavy (non-hydrogen) atoms. The summed E-state index contributed by atoms with van der Waals surface area (Å²) in [6, 6.07) is 26.1. The van der Waals surface area contributed by atoms with E-state index >= 15 is 0 Å². The first-order valence-corrected chi connectivity index (χ1v) is 10.4. The standard InChI is InChI=1S/C26H26BN2O2/c1-25(2,30)26(3,4)31-27-20-16-14-19(15-17-20)24-23(18-10-6-5-7-11-18)28-21-12-8-9-13-22(21)29-24/h5-17,30H,1-4H3. The molecule has 3 aromatic carbocycles. The maximum absolute atomic E-state index is 10.3. The number of aromatic nitrogens is 2. The average molecular weight is 409 g/mol. The van der Waals surface area contributed by atoms with Crippen LogP contribution in [0.1, 0.15) is 27.7 Å². The van der Waals surface area contributed by atoms with Gasteiger partial charge in [-0.1, -0.05) is 72.2 Å². The van der Waals surface area contributed by atoms with Crippen molar-refractivity contribution in [3.8, 4) is 22.5 Å². The molecule has 1 radical (unpaired) electrons. The van der Waals surface area contributed by atoms with Crippen molar-refractivity contribution in [2.24, 2.45) is 0 Å². The van der Waals surface area contributed by atoms with Gasteiger partial charge in [0.1, 0.15) is 0 Å². The van der Waals surface area contributed by atoms with Gasteiger partial charge in [0, 0.05) is 11.1 Å². The summed E-state index contributed by atoms with van der Waals surface area (Å²) < 4.78 is 5.87. The van der Waals surface area contributed by atoms with Crippen molar-refractivity contribution >= 4 is 24.0 Å². The lowest BCUT2D eigenvalue weighted by Gasteiger charge is -2.37. The number of rotatable bonds is 6. The van der Waals surface area contributed by atoms with Crippen LogP contribution in [0, 0.1) is 0 Å². The van der Waals surface area contributed by atoms with Gasteiger partial charge >= 0.3 is 7.48 Å². The van der Waals surface area contributed by atoms with Gasteiger partial charge in [-0.2, -0.15) is 0 Å². The number of nitrogens with zero attached hydrogens (tertiary/aromatic N) is 2. The zero-order valence-corrected chi connectivity index (χ0v) is 18.3. The normalized spacial score (nSPS) is 12.2. The second kappa shape index (κ2) is 8.25. The monoisotopic (exact) mass is 409 g/mol. The van der Waals surface area contributed by atoms with E-state index in [0.29, 0.717) is 0 Å². The first kappa shape index (κ1) is 21.2. The van der Waals surface area contributed by atoms with Gasteiger partial charge < -0.3 is 9.76 Å². The van der Waals surface area contributed by atoms with Crippen molar-refractivity contribution in [2.45, 2.75) is 38.9 Å². The summed E-state index contributed by atoms with van der Waals surface area (Å²) in [6.45, 7) is 7.23. The van der Waals surface area contributed by atoms with Gasteiger partial charge in [0.2, 0.25) is 0 Å². The van der Waals surface area contributed by atoms with Crippen molar-refractivity contribution < 1.29 is 9.76 Å². The topological polar surface area (TPSA) is 55.2 Å². The SMILES string of the molecule is CC(C)(O)C(C)(C)O[B]c1ccc(-c2nc3ccccc3nc2-c2ccccc2)cc1. The Bertz CT molecular complexity index is 1180. The lowest BCUT2D eigenvalue weighted by Crippen LogP contribution is -2.49. The minimum Gasteiger partial charge on any atom is -0.427 e. The van der Waals surface area contributed by atoms with Crippen LogP contribution in [0.2, 0.25) is 0 Å². The van der Waals surface area contributed by atoms with Crippen LogP contribution in [0.25, 0.3) is 33.5 Å². The third-order valence-electron chi connectivity index (χ3n) is 5.76. The predicted molar refractivity (Wildman–Crippen MR) is 127 cm³/mol. The predicted octanol–water partition coefficient (Wildman–Crippen LogP) is 4.77. The van der Waals surface area contributed by atoms with Crippen molar-refractivity contribution in [3.63, 3.8) is 0 Å². The Labute approximate surface area is 184 Å². The Balaban J connectivity index is 1.68. The van der Waals surface area contributed by atoms with Crippen molar-refractivity contribution in [1.29, 1.82) is 0 Å². The molecule has 0 saturated heterocycles. The molecule has 0 aliphatic carbocycles. The van der Waals surface area contributed by atoms with Gasteiger partial charge in [0.05, 0.1) is 33.6 Å². The molecule has 0 aliphatic heterocycles. The summed E-state index contributed by atoms with van der Waals surface area (Å²) in [5.41, 5.74) is 4.68. The van der Waals surface area contributed by atoms with E-state index in [9.17, 15) is 5.11 Å². The van der Waals surface area contributed by atoms with Crippen LogP contribution >= 0.6 is 0 Å². The van der Waals surface area contributed by atoms with Crippen LogP contribution in [0.15, 0.2) is 78.9 Å². The number of para-hydroxylation sites is 2. The molecular formula is C26H26BN2O2. The second-order valence-electron chi connectivity index (χ2n) is 8.70. The van der Waals surface area contributed by atoms with Gasteiger partial charge in [-0.3, -0.25) is 0 Å². The quantitative estimate of drug-likeness (QED) is 0.466. The van der Waals surface area contributed by atoms with Crippen molar-refractivity contribution in [1.82, 2.24) is 9.97 Å². The Kier molecular flexibility index (Phi) is 5.65. The van der Waals surface area contributed by atoms with E-state index in [1.165, 1.54) is 0 Å². The molecule has 4 nitrogen and oxygen atoms in total. The zero-order chi connectivity index (χ0) is 22.1. The van der Waals surface area contributed by atoms with Crippen LogP contribution in [0.5, 0.6) is 0 Å². The molecule has 4 rings (SSSR count). The first-order valence-electron chi connectivity index (χ1n) is 10.4. The summed E-state index contributed by atoms with van der Waals surface area (Å²) in [5, 5.41) is 10.3. The molecule has 0 aliphatic rings. The van der Waals surface area contributed by atoms with E-state index in [0.717, 1.165) is 39.0 Å². The fourth-order valence-electron chi connectivity index (χ4n) is 3.08. The summed E-state index contributed by atoms with van der Waals surface area (Å²) in [6.07, 6.45) is 0. The highest BCUT2D eigenvalue weighted by Gasteiger charge is 2.35. The third kappa shape index (κ3) is 4.53. The number of aliphatic hydroxyl groups is 1. The van der Waals surface area contributed by atoms with E-state index < -0.39 is 11.2 Å². The van der Waals surface area contributed by atoms with Gasteiger partial charge in [0.25, 0.3) is 0 Å². The first-order chi connectivity index (χ1) is 14.7. The molecule has 1 aromatic heterocycles. The summed E-state index contributed by atoms with van der Waals surface area (Å²) in [4.78, 5) is 9.85. The molecule has 0 spiro atoms. The molecule has 0 bridgehead atoms. The molecule has 4 aromatic rings. The molecule has 0 fully saturated rings. The highest BCUT2D eigenvalue weighted by Crippen LogP contribution is 2.30. The lowest BCUT2D eigenvalue weighted by atomic mass is 9.82. The highest BCUT2D eigenvalue weighted by molar-refractivity contribution is 6.47. The van der Waals surface area contributed by atoms with Crippen LogP contribution in [-0.4, -0.2) is 33.8 Å². The molecule has 0 unspecified atom stereocenters.